The molecule has 1 aliphatic rings. The van der Waals surface area contributed by atoms with Crippen LogP contribution in [0.1, 0.15) is 18.4 Å². The third-order valence-electron chi connectivity index (χ3n) is 3.55. The van der Waals surface area contributed by atoms with Gasteiger partial charge >= 0.3 is 0 Å². The van der Waals surface area contributed by atoms with Crippen molar-refractivity contribution in [3.8, 4) is 0 Å². The van der Waals surface area contributed by atoms with Gasteiger partial charge in [-0.1, -0.05) is 17.3 Å². The highest BCUT2D eigenvalue weighted by atomic mass is 16.4. The summed E-state index contributed by atoms with van der Waals surface area (Å²) in [5.74, 6) is 0.172. The molecule has 1 fully saturated rings. The third-order valence-corrected chi connectivity index (χ3v) is 3.55. The summed E-state index contributed by atoms with van der Waals surface area (Å²) < 4.78 is 0. The predicted molar refractivity (Wildman–Crippen MR) is 77.9 cm³/mol. The van der Waals surface area contributed by atoms with Gasteiger partial charge in [-0.3, -0.25) is 0 Å². The first kappa shape index (κ1) is 13.7. The van der Waals surface area contributed by atoms with Crippen molar-refractivity contribution in [3.63, 3.8) is 0 Å². The van der Waals surface area contributed by atoms with Gasteiger partial charge in [0.05, 0.1) is 0 Å². The van der Waals surface area contributed by atoms with Gasteiger partial charge in [0, 0.05) is 30.4 Å². The molecule has 1 aromatic carbocycles. The van der Waals surface area contributed by atoms with Crippen LogP contribution in [0.2, 0.25) is 0 Å². The predicted octanol–water partition coefficient (Wildman–Crippen LogP) is 1.31. The Labute approximate surface area is 114 Å². The highest BCUT2D eigenvalue weighted by molar-refractivity contribution is 6.02. The number of oxime groups is 1. The second-order valence-electron chi connectivity index (χ2n) is 5.25. The Morgan fingerprint density at radius 3 is 2.89 bits per heavy atom. The number of rotatable bonds is 4. The van der Waals surface area contributed by atoms with Gasteiger partial charge < -0.3 is 20.7 Å². The standard InChI is InChI=1S/C14H22N4O/c1-17(2)10-11-6-5-9-18(11)13-8-4-3-7-12(13)14(15)16-19/h3-4,7-8,11,19H,5-6,9-10H2,1-2H3,(H2,15,16). The number of benzene rings is 1. The Balaban J connectivity index is 2.30. The topological polar surface area (TPSA) is 65.1 Å². The number of amidine groups is 1. The van der Waals surface area contributed by atoms with Crippen LogP contribution in [0.25, 0.3) is 0 Å². The quantitative estimate of drug-likeness (QED) is 0.372. The van der Waals surface area contributed by atoms with Crippen molar-refractivity contribution >= 4 is 11.5 Å². The Morgan fingerprint density at radius 1 is 1.47 bits per heavy atom. The summed E-state index contributed by atoms with van der Waals surface area (Å²) in [6.07, 6.45) is 2.37. The SMILES string of the molecule is CN(C)CC1CCCN1c1ccccc1C(N)=NO. The maximum Gasteiger partial charge on any atom is 0.172 e. The number of nitrogens with zero attached hydrogens (tertiary/aromatic N) is 3. The number of para-hydroxylation sites is 1. The lowest BCUT2D eigenvalue weighted by molar-refractivity contribution is 0.318. The molecule has 1 unspecified atom stereocenters. The third kappa shape index (κ3) is 2.98. The molecule has 5 heteroatoms. The van der Waals surface area contributed by atoms with E-state index in [1.54, 1.807) is 0 Å². The van der Waals surface area contributed by atoms with Crippen LogP contribution in [0.4, 0.5) is 5.69 Å². The van der Waals surface area contributed by atoms with Gasteiger partial charge in [0.1, 0.15) is 0 Å². The Kier molecular flexibility index (Phi) is 4.27. The zero-order chi connectivity index (χ0) is 13.8. The number of hydrogen-bond acceptors (Lipinski definition) is 4. The second-order valence-corrected chi connectivity index (χ2v) is 5.25. The van der Waals surface area contributed by atoms with Gasteiger partial charge in [0.25, 0.3) is 0 Å². The van der Waals surface area contributed by atoms with Crippen molar-refractivity contribution in [1.29, 1.82) is 0 Å². The largest absolute Gasteiger partial charge is 0.409 e. The van der Waals surface area contributed by atoms with E-state index in [0.717, 1.165) is 24.3 Å². The summed E-state index contributed by atoms with van der Waals surface area (Å²) in [7, 11) is 4.18. The van der Waals surface area contributed by atoms with Gasteiger partial charge in [-0.15, -0.1) is 0 Å². The maximum atomic E-state index is 8.90. The van der Waals surface area contributed by atoms with E-state index in [9.17, 15) is 0 Å². The minimum absolute atomic E-state index is 0.172. The van der Waals surface area contributed by atoms with Crippen molar-refractivity contribution in [1.82, 2.24) is 4.90 Å². The van der Waals surface area contributed by atoms with Crippen LogP contribution in [0.15, 0.2) is 29.4 Å². The van der Waals surface area contributed by atoms with Gasteiger partial charge in [0.2, 0.25) is 0 Å². The lowest BCUT2D eigenvalue weighted by Gasteiger charge is -2.30. The summed E-state index contributed by atoms with van der Waals surface area (Å²) in [6, 6.07) is 8.33. The first-order valence-electron chi connectivity index (χ1n) is 6.61. The molecule has 0 bridgehead atoms. The molecule has 1 heterocycles. The molecule has 1 aromatic rings. The maximum absolute atomic E-state index is 8.90. The molecule has 104 valence electrons. The number of likely N-dealkylation sites (N-methyl/N-ethyl adjacent to an activating group) is 1. The minimum atomic E-state index is 0.172. The van der Waals surface area contributed by atoms with Crippen LogP contribution in [0.5, 0.6) is 0 Å². The van der Waals surface area contributed by atoms with Crippen LogP contribution in [-0.2, 0) is 0 Å². The van der Waals surface area contributed by atoms with E-state index in [0.29, 0.717) is 6.04 Å². The molecule has 2 rings (SSSR count). The van der Waals surface area contributed by atoms with E-state index in [1.165, 1.54) is 12.8 Å². The first-order valence-corrected chi connectivity index (χ1v) is 6.61. The highest BCUT2D eigenvalue weighted by Crippen LogP contribution is 2.28. The summed E-state index contributed by atoms with van der Waals surface area (Å²) in [5, 5.41) is 12.0. The smallest absolute Gasteiger partial charge is 0.172 e. The molecule has 0 aliphatic carbocycles. The van der Waals surface area contributed by atoms with E-state index in [2.05, 4.69) is 29.1 Å². The highest BCUT2D eigenvalue weighted by Gasteiger charge is 2.27. The van der Waals surface area contributed by atoms with E-state index in [1.807, 2.05) is 24.3 Å². The van der Waals surface area contributed by atoms with Crippen LogP contribution in [0, 0.1) is 0 Å². The molecule has 5 nitrogen and oxygen atoms in total. The fraction of sp³-hybridized carbons (Fsp3) is 0.500. The fourth-order valence-corrected chi connectivity index (χ4v) is 2.76. The molecule has 3 N–H and O–H groups in total. The number of anilines is 1. The molecular formula is C14H22N4O. The monoisotopic (exact) mass is 262 g/mol. The van der Waals surface area contributed by atoms with Gasteiger partial charge in [-0.05, 0) is 39.1 Å². The van der Waals surface area contributed by atoms with Crippen molar-refractivity contribution in [2.24, 2.45) is 10.9 Å². The van der Waals surface area contributed by atoms with Gasteiger partial charge in [0.15, 0.2) is 5.84 Å². The Morgan fingerprint density at radius 2 is 2.21 bits per heavy atom. The Hall–Kier alpha value is -1.75. The van der Waals surface area contributed by atoms with Gasteiger partial charge in [-0.2, -0.15) is 0 Å². The van der Waals surface area contributed by atoms with E-state index >= 15 is 0 Å². The molecular weight excluding hydrogens is 240 g/mol. The van der Waals surface area contributed by atoms with Crippen LogP contribution < -0.4 is 10.6 Å². The van der Waals surface area contributed by atoms with Crippen molar-refractivity contribution in [2.45, 2.75) is 18.9 Å². The fourth-order valence-electron chi connectivity index (χ4n) is 2.76. The molecule has 0 amide bonds. The summed E-state index contributed by atoms with van der Waals surface area (Å²) in [6.45, 7) is 2.04. The molecule has 0 saturated carbocycles. The number of nitrogens with two attached hydrogens (primary N) is 1. The molecule has 1 saturated heterocycles. The van der Waals surface area contributed by atoms with Crippen LogP contribution >= 0.6 is 0 Å². The second kappa shape index (κ2) is 5.93. The van der Waals surface area contributed by atoms with Crippen LogP contribution in [0.3, 0.4) is 0 Å². The number of hydrogen-bond donors (Lipinski definition) is 2. The lowest BCUT2D eigenvalue weighted by atomic mass is 10.1. The van der Waals surface area contributed by atoms with Crippen molar-refractivity contribution < 1.29 is 5.21 Å². The van der Waals surface area contributed by atoms with Crippen LogP contribution in [-0.4, -0.2) is 49.2 Å². The van der Waals surface area contributed by atoms with E-state index in [4.69, 9.17) is 10.9 Å². The van der Waals surface area contributed by atoms with Crippen molar-refractivity contribution in [3.05, 3.63) is 29.8 Å². The van der Waals surface area contributed by atoms with Gasteiger partial charge in [-0.25, -0.2) is 0 Å². The molecule has 1 atom stereocenters. The average molecular weight is 262 g/mol. The molecule has 19 heavy (non-hydrogen) atoms. The minimum Gasteiger partial charge on any atom is -0.409 e. The summed E-state index contributed by atoms with van der Waals surface area (Å²) in [5.41, 5.74) is 7.63. The van der Waals surface area contributed by atoms with E-state index < -0.39 is 0 Å². The van der Waals surface area contributed by atoms with E-state index in [-0.39, 0.29) is 5.84 Å². The molecule has 0 radical (unpaired) electrons. The lowest BCUT2D eigenvalue weighted by Crippen LogP contribution is -2.38. The summed E-state index contributed by atoms with van der Waals surface area (Å²) in [4.78, 5) is 4.57. The Bertz CT molecular complexity index is 459. The zero-order valence-electron chi connectivity index (χ0n) is 11.6. The van der Waals surface area contributed by atoms with Crippen molar-refractivity contribution in [2.75, 3.05) is 32.1 Å². The zero-order valence-corrected chi connectivity index (χ0v) is 11.6. The summed E-state index contributed by atoms with van der Waals surface area (Å²) >= 11 is 0. The molecule has 1 aliphatic heterocycles. The molecule has 0 aromatic heterocycles. The molecule has 0 spiro atoms. The normalized spacial score (nSPS) is 20.3. The average Bonchev–Trinajstić information content (AvgIpc) is 2.85. The first-order chi connectivity index (χ1) is 9.13.